The maximum Gasteiger partial charge on any atom is 0.222 e. The van der Waals surface area contributed by atoms with Gasteiger partial charge < -0.3 is 4.90 Å². The fraction of sp³-hybridized carbons (Fsp3) is 0.440. The molecule has 4 saturated carbocycles. The van der Waals surface area contributed by atoms with E-state index < -0.39 is 0 Å². The first kappa shape index (κ1) is 17.7. The number of guanidine groups is 1. The third-order valence-electron chi connectivity index (χ3n) is 7.09. The Morgan fingerprint density at radius 1 is 0.893 bits per heavy atom. The molecule has 1 N–H and O–H groups in total. The zero-order valence-corrected chi connectivity index (χ0v) is 16.4. The number of benzene rings is 2. The summed E-state index contributed by atoms with van der Waals surface area (Å²) < 4.78 is 0. The number of hydrogen-bond acceptors (Lipinski definition) is 1. The molecule has 2 aromatic rings. The van der Waals surface area contributed by atoms with Gasteiger partial charge in [0.05, 0.1) is 0 Å². The Bertz CT molecular complexity index is 821. The zero-order chi connectivity index (χ0) is 19.0. The Morgan fingerprint density at radius 2 is 1.43 bits per heavy atom. The van der Waals surface area contributed by atoms with Gasteiger partial charge in [-0.15, -0.1) is 0 Å². The van der Waals surface area contributed by atoms with Crippen LogP contribution in [0.25, 0.3) is 0 Å². The summed E-state index contributed by atoms with van der Waals surface area (Å²) in [6, 6.07) is 20.9. The fourth-order valence-electron chi connectivity index (χ4n) is 6.45. The first-order valence-corrected chi connectivity index (χ1v) is 10.7. The van der Waals surface area contributed by atoms with Gasteiger partial charge in [0.25, 0.3) is 0 Å². The quantitative estimate of drug-likeness (QED) is 0.542. The van der Waals surface area contributed by atoms with Gasteiger partial charge in [-0.05, 0) is 74.0 Å². The summed E-state index contributed by atoms with van der Waals surface area (Å²) >= 11 is 0. The molecule has 0 unspecified atom stereocenters. The van der Waals surface area contributed by atoms with E-state index in [0.29, 0.717) is 5.96 Å². The molecule has 0 spiro atoms. The van der Waals surface area contributed by atoms with Crippen molar-refractivity contribution in [1.29, 1.82) is 5.41 Å². The van der Waals surface area contributed by atoms with E-state index in [1.807, 2.05) is 12.3 Å². The minimum atomic E-state index is 0.0945. The second kappa shape index (κ2) is 7.20. The van der Waals surface area contributed by atoms with E-state index in [0.717, 1.165) is 29.9 Å². The van der Waals surface area contributed by atoms with E-state index in [1.165, 1.54) is 44.1 Å². The number of anilines is 1. The highest BCUT2D eigenvalue weighted by Gasteiger charge is 2.54. The van der Waals surface area contributed by atoms with Crippen LogP contribution in [-0.2, 0) is 6.42 Å². The molecule has 3 nitrogen and oxygen atoms in total. The summed E-state index contributed by atoms with van der Waals surface area (Å²) in [5, 5.41) is 8.91. The Morgan fingerprint density at radius 3 is 2.00 bits per heavy atom. The van der Waals surface area contributed by atoms with Gasteiger partial charge in [-0.2, -0.15) is 0 Å². The third kappa shape index (κ3) is 3.28. The van der Waals surface area contributed by atoms with Gasteiger partial charge in [-0.3, -0.25) is 5.41 Å². The Hall–Kier alpha value is -2.42. The molecule has 0 radical (unpaired) electrons. The topological polar surface area (TPSA) is 39.5 Å². The van der Waals surface area contributed by atoms with Crippen LogP contribution in [0.1, 0.15) is 44.1 Å². The lowest BCUT2D eigenvalue weighted by molar-refractivity contribution is 0.00169. The van der Waals surface area contributed by atoms with Crippen molar-refractivity contribution in [3.63, 3.8) is 0 Å². The van der Waals surface area contributed by atoms with Crippen molar-refractivity contribution in [3.05, 3.63) is 66.2 Å². The molecule has 3 heteroatoms. The molecule has 0 saturated heterocycles. The first-order chi connectivity index (χ1) is 13.7. The Labute approximate surface area is 168 Å². The van der Waals surface area contributed by atoms with E-state index in [9.17, 15) is 0 Å². The van der Waals surface area contributed by atoms with Gasteiger partial charge >= 0.3 is 0 Å². The first-order valence-electron chi connectivity index (χ1n) is 10.7. The van der Waals surface area contributed by atoms with Gasteiger partial charge in [-0.25, -0.2) is 4.99 Å². The summed E-state index contributed by atoms with van der Waals surface area (Å²) in [6.45, 7) is 0. The zero-order valence-electron chi connectivity index (χ0n) is 16.4. The molecular weight excluding hydrogens is 342 g/mol. The van der Waals surface area contributed by atoms with Gasteiger partial charge in [-0.1, -0.05) is 48.5 Å². The lowest BCUT2D eigenvalue weighted by atomic mass is 9.52. The van der Waals surface area contributed by atoms with Crippen molar-refractivity contribution in [2.24, 2.45) is 22.7 Å². The number of para-hydroxylation sites is 1. The van der Waals surface area contributed by atoms with Gasteiger partial charge in [0.1, 0.15) is 0 Å². The van der Waals surface area contributed by atoms with E-state index >= 15 is 0 Å². The van der Waals surface area contributed by atoms with E-state index in [4.69, 9.17) is 5.41 Å². The Balaban J connectivity index is 1.43. The average Bonchev–Trinajstić information content (AvgIpc) is 2.68. The van der Waals surface area contributed by atoms with Crippen molar-refractivity contribution in [1.82, 2.24) is 0 Å². The van der Waals surface area contributed by atoms with Crippen LogP contribution in [0.3, 0.4) is 0 Å². The second-order valence-electron chi connectivity index (χ2n) is 9.14. The summed E-state index contributed by atoms with van der Waals surface area (Å²) in [7, 11) is 0. The largest absolute Gasteiger partial charge is 0.305 e. The number of hydrogen-bond donors (Lipinski definition) is 1. The molecule has 4 bridgehead atoms. The molecule has 0 aliphatic heterocycles. The monoisotopic (exact) mass is 371 g/mol. The van der Waals surface area contributed by atoms with E-state index in [2.05, 4.69) is 64.5 Å². The molecule has 144 valence electrons. The van der Waals surface area contributed by atoms with Crippen LogP contribution in [0.15, 0.2) is 65.7 Å². The third-order valence-corrected chi connectivity index (χ3v) is 7.09. The molecule has 0 atom stereocenters. The summed E-state index contributed by atoms with van der Waals surface area (Å²) in [5.41, 5.74) is 2.46. The van der Waals surface area contributed by atoms with Crippen molar-refractivity contribution in [3.8, 4) is 0 Å². The molecule has 0 heterocycles. The minimum Gasteiger partial charge on any atom is -0.305 e. The smallest absolute Gasteiger partial charge is 0.222 e. The molecule has 2 aromatic carbocycles. The SMILES string of the molecule is N=C(N=CCc1ccccc1)N(c1ccccc1)C12CC3CC(CC(C3)C1)C2. The molecule has 0 amide bonds. The average molecular weight is 372 g/mol. The molecule has 4 aliphatic rings. The number of nitrogens with one attached hydrogen (secondary N) is 1. The highest BCUT2D eigenvalue weighted by Crippen LogP contribution is 2.58. The van der Waals surface area contributed by atoms with Crippen LogP contribution in [-0.4, -0.2) is 17.7 Å². The summed E-state index contributed by atoms with van der Waals surface area (Å²) in [6.07, 6.45) is 10.6. The molecule has 4 aliphatic carbocycles. The standard InChI is InChI=1S/C25H29N3/c26-24(27-12-11-19-7-3-1-4-8-19)28(23-9-5-2-6-10-23)25-16-20-13-21(17-25)15-22(14-20)18-25/h1-10,12,20-22,26H,11,13-18H2. The maximum atomic E-state index is 8.91. The number of aliphatic imine (C=N–C) groups is 1. The van der Waals surface area contributed by atoms with Crippen LogP contribution in [0.4, 0.5) is 5.69 Å². The van der Waals surface area contributed by atoms with Gasteiger partial charge in [0, 0.05) is 23.9 Å². The highest BCUT2D eigenvalue weighted by molar-refractivity contribution is 5.99. The normalized spacial score (nSPS) is 30.6. The van der Waals surface area contributed by atoms with Gasteiger partial charge in [0.15, 0.2) is 0 Å². The van der Waals surface area contributed by atoms with Gasteiger partial charge in [0.2, 0.25) is 5.96 Å². The lowest BCUT2D eigenvalue weighted by Crippen LogP contribution is -2.61. The second-order valence-corrected chi connectivity index (χ2v) is 9.14. The highest BCUT2D eigenvalue weighted by atomic mass is 15.3. The molecular formula is C25H29N3. The van der Waals surface area contributed by atoms with Crippen molar-refractivity contribution in [2.75, 3.05) is 4.90 Å². The van der Waals surface area contributed by atoms with Crippen molar-refractivity contribution < 1.29 is 0 Å². The number of rotatable bonds is 4. The lowest BCUT2D eigenvalue weighted by Gasteiger charge is -2.60. The van der Waals surface area contributed by atoms with Crippen LogP contribution < -0.4 is 4.90 Å². The van der Waals surface area contributed by atoms with Crippen LogP contribution in [0, 0.1) is 23.2 Å². The van der Waals surface area contributed by atoms with Crippen LogP contribution in [0.5, 0.6) is 0 Å². The predicted molar refractivity (Wildman–Crippen MR) is 116 cm³/mol. The van der Waals surface area contributed by atoms with E-state index in [-0.39, 0.29) is 5.54 Å². The van der Waals surface area contributed by atoms with E-state index in [1.54, 1.807) is 0 Å². The van der Waals surface area contributed by atoms with Crippen molar-refractivity contribution >= 4 is 17.9 Å². The fourth-order valence-corrected chi connectivity index (χ4v) is 6.45. The van der Waals surface area contributed by atoms with Crippen LogP contribution >= 0.6 is 0 Å². The predicted octanol–water partition coefficient (Wildman–Crippen LogP) is 5.71. The van der Waals surface area contributed by atoms with Crippen LogP contribution in [0.2, 0.25) is 0 Å². The maximum absolute atomic E-state index is 8.91. The van der Waals surface area contributed by atoms with Crippen molar-refractivity contribution in [2.45, 2.75) is 50.5 Å². The molecule has 0 aromatic heterocycles. The molecule has 4 fully saturated rings. The number of nitrogens with zero attached hydrogens (tertiary/aromatic N) is 2. The molecule has 6 rings (SSSR count). The molecule has 28 heavy (non-hydrogen) atoms. The summed E-state index contributed by atoms with van der Waals surface area (Å²) in [4.78, 5) is 6.93. The Kier molecular flexibility index (Phi) is 4.54. The summed E-state index contributed by atoms with van der Waals surface area (Å²) in [5.74, 6) is 2.94. The minimum absolute atomic E-state index is 0.0945.